The van der Waals surface area contributed by atoms with Crippen molar-refractivity contribution in [3.8, 4) is 11.1 Å². The summed E-state index contributed by atoms with van der Waals surface area (Å²) in [6, 6.07) is 7.14. The number of ketones is 1. The highest BCUT2D eigenvalue weighted by molar-refractivity contribution is 6.42. The van der Waals surface area contributed by atoms with Gasteiger partial charge in [0, 0.05) is 48.9 Å². The van der Waals surface area contributed by atoms with Crippen LogP contribution in [-0.4, -0.2) is 68.3 Å². The number of hydrogen-bond donors (Lipinski definition) is 3. The van der Waals surface area contributed by atoms with Crippen LogP contribution in [0.1, 0.15) is 61.0 Å². The number of fused-ring (bicyclic) bond motifs is 3. The zero-order valence-electron chi connectivity index (χ0n) is 21.7. The number of benzene rings is 1. The van der Waals surface area contributed by atoms with Crippen molar-refractivity contribution in [3.05, 3.63) is 41.7 Å². The van der Waals surface area contributed by atoms with E-state index in [9.17, 15) is 14.4 Å². The molecular formula is C27H29N9O3. The Kier molecular flexibility index (Phi) is 6.09. The number of nitrogens with two attached hydrogens (primary N) is 1. The minimum Gasteiger partial charge on any atom is -0.383 e. The van der Waals surface area contributed by atoms with E-state index in [1.807, 2.05) is 17.0 Å². The number of nitrogens with zero attached hydrogens (tertiary/aromatic N) is 6. The summed E-state index contributed by atoms with van der Waals surface area (Å²) in [5.74, 6) is 0.0267. The number of urea groups is 1. The van der Waals surface area contributed by atoms with E-state index in [1.54, 1.807) is 31.6 Å². The largest absolute Gasteiger partial charge is 0.383 e. The second kappa shape index (κ2) is 9.61. The van der Waals surface area contributed by atoms with Gasteiger partial charge in [0.25, 0.3) is 5.91 Å². The smallest absolute Gasteiger partial charge is 0.318 e. The van der Waals surface area contributed by atoms with Crippen LogP contribution in [0.3, 0.4) is 0 Å². The van der Waals surface area contributed by atoms with E-state index < -0.39 is 0 Å². The molecule has 2 aromatic heterocycles. The number of nitrogens with one attached hydrogen (secondary N) is 2. The highest BCUT2D eigenvalue weighted by Gasteiger charge is 2.46. The van der Waals surface area contributed by atoms with Gasteiger partial charge in [0.1, 0.15) is 11.5 Å². The lowest BCUT2D eigenvalue weighted by atomic mass is 9.85. The highest BCUT2D eigenvalue weighted by Crippen LogP contribution is 2.45. The third kappa shape index (κ3) is 4.21. The third-order valence-corrected chi connectivity index (χ3v) is 7.89. The molecule has 12 heteroatoms. The molecule has 2 bridgehead atoms. The van der Waals surface area contributed by atoms with Crippen LogP contribution in [0.4, 0.5) is 16.3 Å². The van der Waals surface area contributed by atoms with Gasteiger partial charge >= 0.3 is 6.03 Å². The first-order chi connectivity index (χ1) is 18.9. The number of carbonyl (C=O) groups is 3. The highest BCUT2D eigenvalue weighted by atomic mass is 16.2. The Bertz CT molecular complexity index is 1540. The van der Waals surface area contributed by atoms with Gasteiger partial charge in [0.15, 0.2) is 11.4 Å². The average molecular weight is 528 g/mol. The monoisotopic (exact) mass is 527 g/mol. The minimum absolute atomic E-state index is 0.0265. The van der Waals surface area contributed by atoms with Gasteiger partial charge in [0.2, 0.25) is 0 Å². The van der Waals surface area contributed by atoms with Crippen molar-refractivity contribution >= 4 is 46.8 Å². The first kappa shape index (κ1) is 24.7. The Hall–Kier alpha value is -4.61. The average Bonchev–Trinajstić information content (AvgIpc) is 3.67. The standard InChI is InChI=1S/C27H29N9O3/c1-14(37)22-23(16-11-18-7-8-19(12-16)35(18)26(38)21-9-10-30-34-21)33-25-20(13-31-36(25)24(22)28)15-3-5-17(6-4-15)32-27(39)29-2/h3-6,10,13,16,18-19H,7-9,11-12,28H2,1-2H3,(H2,29,32,39)/t16?,18-,19+. The molecule has 3 atom stereocenters. The summed E-state index contributed by atoms with van der Waals surface area (Å²) in [7, 11) is 1.55. The van der Waals surface area contributed by atoms with Crippen molar-refractivity contribution in [2.24, 2.45) is 10.2 Å². The molecule has 5 heterocycles. The Balaban J connectivity index is 1.35. The topological polar surface area (TPSA) is 159 Å². The van der Waals surface area contributed by atoms with E-state index in [1.165, 1.54) is 11.4 Å². The van der Waals surface area contributed by atoms with Crippen LogP contribution in [0.15, 0.2) is 40.7 Å². The zero-order chi connectivity index (χ0) is 27.3. The van der Waals surface area contributed by atoms with E-state index in [2.05, 4.69) is 25.9 Å². The molecule has 0 aliphatic carbocycles. The molecule has 1 unspecified atom stereocenters. The van der Waals surface area contributed by atoms with Gasteiger partial charge < -0.3 is 21.3 Å². The Labute approximate surface area is 224 Å². The molecule has 200 valence electrons. The van der Waals surface area contributed by atoms with Gasteiger partial charge in [-0.2, -0.15) is 14.7 Å². The van der Waals surface area contributed by atoms with Gasteiger partial charge in [-0.3, -0.25) is 9.59 Å². The second-order valence-corrected chi connectivity index (χ2v) is 10.2. The molecule has 0 radical (unpaired) electrons. The van der Waals surface area contributed by atoms with Gasteiger partial charge in [-0.15, -0.1) is 5.10 Å². The minimum atomic E-state index is -0.305. The number of rotatable bonds is 5. The van der Waals surface area contributed by atoms with Crippen LogP contribution in [0.2, 0.25) is 0 Å². The first-order valence-electron chi connectivity index (χ1n) is 13.0. The van der Waals surface area contributed by atoms with E-state index in [4.69, 9.17) is 10.7 Å². The second-order valence-electron chi connectivity index (χ2n) is 10.2. The number of carbonyl (C=O) groups excluding carboxylic acids is 3. The molecule has 3 aliphatic rings. The Morgan fingerprint density at radius 2 is 1.79 bits per heavy atom. The number of amides is 3. The summed E-state index contributed by atoms with van der Waals surface area (Å²) in [6.07, 6.45) is 7.01. The molecule has 0 saturated carbocycles. The maximum Gasteiger partial charge on any atom is 0.318 e. The molecule has 6 rings (SSSR count). The molecule has 3 aliphatic heterocycles. The molecule has 2 saturated heterocycles. The molecule has 3 amide bonds. The SMILES string of the molecule is CNC(=O)Nc1ccc(-c2cnn3c(N)c(C(C)=O)c(C4C[C@H]5CC[C@@H](C4)N5C(=O)C4=NN=CC4)nc23)cc1. The number of anilines is 2. The molecule has 1 aromatic carbocycles. The summed E-state index contributed by atoms with van der Waals surface area (Å²) in [5.41, 5.74) is 10.9. The normalized spacial score (nSPS) is 21.7. The Morgan fingerprint density at radius 3 is 2.41 bits per heavy atom. The number of hydrogen-bond acceptors (Lipinski definition) is 8. The van der Waals surface area contributed by atoms with E-state index >= 15 is 0 Å². The fourth-order valence-electron chi connectivity index (χ4n) is 6.11. The fraction of sp³-hybridized carbons (Fsp3) is 0.370. The van der Waals surface area contributed by atoms with E-state index in [-0.39, 0.29) is 41.5 Å². The summed E-state index contributed by atoms with van der Waals surface area (Å²) < 4.78 is 1.51. The van der Waals surface area contributed by atoms with Crippen molar-refractivity contribution in [1.29, 1.82) is 0 Å². The van der Waals surface area contributed by atoms with Gasteiger partial charge in [0.05, 0.1) is 17.5 Å². The predicted octanol–water partition coefficient (Wildman–Crippen LogP) is 3.00. The molecular weight excluding hydrogens is 498 g/mol. The van der Waals surface area contributed by atoms with Crippen molar-refractivity contribution in [3.63, 3.8) is 0 Å². The van der Waals surface area contributed by atoms with E-state index in [0.717, 1.165) is 24.0 Å². The quantitative estimate of drug-likeness (QED) is 0.433. The maximum absolute atomic E-state index is 13.2. The molecule has 0 spiro atoms. The maximum atomic E-state index is 13.2. The number of aromatic nitrogens is 3. The van der Waals surface area contributed by atoms with Crippen LogP contribution >= 0.6 is 0 Å². The van der Waals surface area contributed by atoms with Crippen molar-refractivity contribution in [2.45, 2.75) is 57.0 Å². The number of nitrogen functional groups attached to an aromatic ring is 1. The summed E-state index contributed by atoms with van der Waals surface area (Å²) >= 11 is 0. The van der Waals surface area contributed by atoms with Gasteiger partial charge in [-0.05, 0) is 50.3 Å². The van der Waals surface area contributed by atoms with Crippen LogP contribution in [0, 0.1) is 0 Å². The molecule has 39 heavy (non-hydrogen) atoms. The number of Topliss-reactive ketones (excluding diaryl/α,β-unsaturated/α-hetero) is 1. The van der Waals surface area contributed by atoms with Crippen molar-refractivity contribution in [2.75, 3.05) is 18.1 Å². The van der Waals surface area contributed by atoms with Gasteiger partial charge in [-0.25, -0.2) is 9.78 Å². The molecule has 12 nitrogen and oxygen atoms in total. The van der Waals surface area contributed by atoms with Gasteiger partial charge in [-0.1, -0.05) is 12.1 Å². The summed E-state index contributed by atoms with van der Waals surface area (Å²) in [5, 5.41) is 17.6. The first-order valence-corrected chi connectivity index (χ1v) is 13.0. The lowest BCUT2D eigenvalue weighted by Gasteiger charge is -2.39. The predicted molar refractivity (Wildman–Crippen MR) is 147 cm³/mol. The van der Waals surface area contributed by atoms with Crippen LogP contribution in [0.5, 0.6) is 0 Å². The van der Waals surface area contributed by atoms with Crippen LogP contribution in [0.25, 0.3) is 16.8 Å². The third-order valence-electron chi connectivity index (χ3n) is 7.89. The fourth-order valence-corrected chi connectivity index (χ4v) is 6.11. The number of piperidine rings is 1. The van der Waals surface area contributed by atoms with E-state index in [0.29, 0.717) is 47.6 Å². The Morgan fingerprint density at radius 1 is 1.08 bits per heavy atom. The van der Waals surface area contributed by atoms with Crippen molar-refractivity contribution in [1.82, 2.24) is 24.8 Å². The van der Waals surface area contributed by atoms with Crippen molar-refractivity contribution < 1.29 is 14.4 Å². The lowest BCUT2D eigenvalue weighted by Crippen LogP contribution is -2.48. The van der Waals surface area contributed by atoms with Crippen LogP contribution in [-0.2, 0) is 4.79 Å². The molecule has 3 aromatic rings. The lowest BCUT2D eigenvalue weighted by molar-refractivity contribution is -0.128. The zero-order valence-corrected chi connectivity index (χ0v) is 21.7. The summed E-state index contributed by atoms with van der Waals surface area (Å²) in [6.45, 7) is 1.50. The van der Waals surface area contributed by atoms with Crippen LogP contribution < -0.4 is 16.4 Å². The summed E-state index contributed by atoms with van der Waals surface area (Å²) in [4.78, 5) is 44.6. The molecule has 4 N–H and O–H groups in total. The molecule has 2 fully saturated rings.